The normalized spacial score (nSPS) is 13.5. The van der Waals surface area contributed by atoms with Gasteiger partial charge in [-0.05, 0) is 41.5 Å². The molecule has 1 aliphatic rings. The van der Waals surface area contributed by atoms with E-state index in [1.54, 1.807) is 36.5 Å². The maximum atomic E-state index is 15.0. The van der Waals surface area contributed by atoms with Gasteiger partial charge in [-0.2, -0.15) is 0 Å². The van der Waals surface area contributed by atoms with Crippen LogP contribution >= 0.6 is 11.3 Å². The Morgan fingerprint density at radius 3 is 2.37 bits per heavy atom. The van der Waals surface area contributed by atoms with Gasteiger partial charge in [-0.25, -0.2) is 4.39 Å². The van der Waals surface area contributed by atoms with Gasteiger partial charge in [0, 0.05) is 67.3 Å². The first-order chi connectivity index (χ1) is 21.0. The largest absolute Gasteiger partial charge is 0.453 e. The summed E-state index contributed by atoms with van der Waals surface area (Å²) in [6.07, 6.45) is 1.24. The van der Waals surface area contributed by atoms with E-state index in [0.29, 0.717) is 11.4 Å². The molecular formula is C33H30FN5O3S. The summed E-state index contributed by atoms with van der Waals surface area (Å²) in [5.74, 6) is -1.16. The van der Waals surface area contributed by atoms with Crippen LogP contribution in [0.2, 0.25) is 0 Å². The number of piperazine rings is 1. The third kappa shape index (κ3) is 7.23. The molecule has 1 aliphatic heterocycles. The Morgan fingerprint density at radius 2 is 1.63 bits per heavy atom. The number of carbonyl (C=O) groups is 2. The lowest BCUT2D eigenvalue weighted by molar-refractivity contribution is -0.123. The number of fused-ring (bicyclic) bond motifs is 1. The number of amides is 2. The Balaban J connectivity index is 1.10. The molecule has 10 heteroatoms. The van der Waals surface area contributed by atoms with E-state index in [4.69, 9.17) is 4.74 Å². The second-order valence-corrected chi connectivity index (χ2v) is 11.3. The first-order valence-corrected chi connectivity index (χ1v) is 14.8. The fraction of sp³-hybridized carbons (Fsp3) is 0.182. The van der Waals surface area contributed by atoms with Crippen LogP contribution in [0.25, 0.3) is 20.7 Å². The van der Waals surface area contributed by atoms with E-state index in [0.717, 1.165) is 53.4 Å². The van der Waals surface area contributed by atoms with Gasteiger partial charge in [0.15, 0.2) is 11.6 Å². The molecule has 3 heterocycles. The highest BCUT2D eigenvalue weighted by atomic mass is 32.1. The zero-order valence-corrected chi connectivity index (χ0v) is 24.1. The van der Waals surface area contributed by atoms with Crippen molar-refractivity contribution in [3.05, 3.63) is 103 Å². The monoisotopic (exact) mass is 595 g/mol. The molecule has 0 atom stereocenters. The Hall–Kier alpha value is -4.64. The maximum Gasteiger partial charge on any atom is 0.233 e. The predicted octanol–water partition coefficient (Wildman–Crippen LogP) is 6.27. The van der Waals surface area contributed by atoms with Crippen molar-refractivity contribution in [2.24, 2.45) is 0 Å². The molecule has 1 fully saturated rings. The van der Waals surface area contributed by atoms with Crippen LogP contribution in [0.5, 0.6) is 11.5 Å². The summed E-state index contributed by atoms with van der Waals surface area (Å²) in [7, 11) is 0. The van der Waals surface area contributed by atoms with Crippen molar-refractivity contribution in [2.75, 3.05) is 36.8 Å². The first-order valence-electron chi connectivity index (χ1n) is 14.0. The first kappa shape index (κ1) is 28.5. The molecule has 3 N–H and O–H groups in total. The number of anilines is 2. The van der Waals surface area contributed by atoms with Crippen LogP contribution < -0.4 is 20.7 Å². The molecule has 2 aromatic heterocycles. The number of ether oxygens (including phenoxy) is 1. The number of rotatable bonds is 9. The maximum absolute atomic E-state index is 15.0. The van der Waals surface area contributed by atoms with Crippen molar-refractivity contribution in [3.8, 4) is 21.9 Å². The van der Waals surface area contributed by atoms with Gasteiger partial charge in [-0.3, -0.25) is 19.5 Å². The third-order valence-corrected chi connectivity index (χ3v) is 8.23. The van der Waals surface area contributed by atoms with Crippen molar-refractivity contribution in [2.45, 2.75) is 13.0 Å². The van der Waals surface area contributed by atoms with Gasteiger partial charge in [-0.1, -0.05) is 42.5 Å². The predicted molar refractivity (Wildman–Crippen MR) is 168 cm³/mol. The molecule has 218 valence electrons. The lowest BCUT2D eigenvalue weighted by Crippen LogP contribution is -2.42. The topological polar surface area (TPSA) is 95.6 Å². The van der Waals surface area contributed by atoms with Gasteiger partial charge >= 0.3 is 0 Å². The second-order valence-electron chi connectivity index (χ2n) is 10.2. The molecule has 8 nitrogen and oxygen atoms in total. The molecule has 0 spiro atoms. The average Bonchev–Trinajstić information content (AvgIpc) is 3.45. The molecule has 6 rings (SSSR count). The lowest BCUT2D eigenvalue weighted by Gasteiger charge is -2.27. The van der Waals surface area contributed by atoms with E-state index in [1.165, 1.54) is 35.1 Å². The Bertz CT molecular complexity index is 1740. The smallest absolute Gasteiger partial charge is 0.233 e. The van der Waals surface area contributed by atoms with E-state index in [9.17, 15) is 9.59 Å². The molecule has 0 radical (unpaired) electrons. The van der Waals surface area contributed by atoms with Gasteiger partial charge in [0.25, 0.3) is 0 Å². The Kier molecular flexibility index (Phi) is 8.69. The van der Waals surface area contributed by atoms with E-state index in [-0.39, 0.29) is 11.4 Å². The van der Waals surface area contributed by atoms with Crippen LogP contribution in [0, 0.1) is 5.82 Å². The number of carbonyl (C=O) groups excluding carboxylic acids is 2. The SMILES string of the molecule is O=C(CC(=O)Nc1ccc(Oc2ccnc3cc(-c4ccc(CN5CCNCC5)cc4)sc23)c(F)c1)Nc1ccccc1. The second kappa shape index (κ2) is 13.1. The summed E-state index contributed by atoms with van der Waals surface area (Å²) in [5.41, 5.74) is 3.94. The number of halogens is 1. The third-order valence-electron chi connectivity index (χ3n) is 7.04. The fourth-order valence-corrected chi connectivity index (χ4v) is 5.97. The van der Waals surface area contributed by atoms with Crippen molar-refractivity contribution >= 4 is 44.7 Å². The number of aromatic nitrogens is 1. The van der Waals surface area contributed by atoms with Gasteiger partial charge in [-0.15, -0.1) is 11.3 Å². The minimum absolute atomic E-state index is 0.0135. The number of thiophene rings is 1. The summed E-state index contributed by atoms with van der Waals surface area (Å²) < 4.78 is 21.8. The van der Waals surface area contributed by atoms with Crippen molar-refractivity contribution in [1.29, 1.82) is 0 Å². The van der Waals surface area contributed by atoms with Crippen molar-refractivity contribution in [1.82, 2.24) is 15.2 Å². The van der Waals surface area contributed by atoms with E-state index in [2.05, 4.69) is 50.1 Å². The zero-order valence-electron chi connectivity index (χ0n) is 23.3. The van der Waals surface area contributed by atoms with Gasteiger partial charge in [0.1, 0.15) is 12.2 Å². The number of hydrogen-bond donors (Lipinski definition) is 3. The van der Waals surface area contributed by atoms with Crippen molar-refractivity contribution < 1.29 is 18.7 Å². The molecule has 5 aromatic rings. The number of nitrogens with one attached hydrogen (secondary N) is 3. The average molecular weight is 596 g/mol. The summed E-state index contributed by atoms with van der Waals surface area (Å²) in [6.45, 7) is 5.09. The molecule has 0 saturated carbocycles. The highest BCUT2D eigenvalue weighted by molar-refractivity contribution is 7.22. The van der Waals surface area contributed by atoms with Crippen LogP contribution in [0.4, 0.5) is 15.8 Å². The van der Waals surface area contributed by atoms with E-state index in [1.807, 2.05) is 12.1 Å². The number of hydrogen-bond acceptors (Lipinski definition) is 7. The minimum Gasteiger partial charge on any atom is -0.453 e. The summed E-state index contributed by atoms with van der Waals surface area (Å²) in [6, 6.07) is 25.3. The van der Waals surface area contributed by atoms with Gasteiger partial charge in [0.05, 0.1) is 10.2 Å². The number of nitrogens with zero attached hydrogens (tertiary/aromatic N) is 2. The molecule has 1 saturated heterocycles. The summed E-state index contributed by atoms with van der Waals surface area (Å²) in [4.78, 5) is 32.5. The highest BCUT2D eigenvalue weighted by Gasteiger charge is 2.16. The van der Waals surface area contributed by atoms with Gasteiger partial charge < -0.3 is 20.7 Å². The molecule has 2 amide bonds. The molecule has 0 bridgehead atoms. The highest BCUT2D eigenvalue weighted by Crippen LogP contribution is 2.39. The Morgan fingerprint density at radius 1 is 0.884 bits per heavy atom. The lowest BCUT2D eigenvalue weighted by atomic mass is 10.1. The minimum atomic E-state index is -0.645. The number of pyridine rings is 1. The van der Waals surface area contributed by atoms with Gasteiger partial charge in [0.2, 0.25) is 11.8 Å². The van der Waals surface area contributed by atoms with E-state index < -0.39 is 24.1 Å². The fourth-order valence-electron chi connectivity index (χ4n) is 4.90. The van der Waals surface area contributed by atoms with Crippen LogP contribution in [-0.2, 0) is 16.1 Å². The Labute approximate surface area is 252 Å². The number of para-hydroxylation sites is 1. The molecule has 0 unspecified atom stereocenters. The van der Waals surface area contributed by atoms with Crippen LogP contribution in [0.15, 0.2) is 91.1 Å². The summed E-state index contributed by atoms with van der Waals surface area (Å²) >= 11 is 1.54. The molecule has 43 heavy (non-hydrogen) atoms. The molecular weight excluding hydrogens is 565 g/mol. The standard InChI is InChI=1S/C33H30FN5O3S/c34-26-18-25(38-32(41)20-31(40)37-24-4-2-1-3-5-24)10-11-28(26)42-29-12-13-36-27-19-30(43-33(27)29)23-8-6-22(7-9-23)21-39-16-14-35-15-17-39/h1-13,18-19,35H,14-17,20-21H2,(H,37,40)(H,38,41). The quantitative estimate of drug-likeness (QED) is 0.174. The summed E-state index contributed by atoms with van der Waals surface area (Å²) in [5, 5.41) is 8.59. The zero-order chi connectivity index (χ0) is 29.6. The van der Waals surface area contributed by atoms with Crippen molar-refractivity contribution in [3.63, 3.8) is 0 Å². The van der Waals surface area contributed by atoms with Crippen LogP contribution in [-0.4, -0.2) is 47.9 Å². The van der Waals surface area contributed by atoms with E-state index >= 15 is 4.39 Å². The molecule has 0 aliphatic carbocycles. The van der Waals surface area contributed by atoms with Crippen LogP contribution in [0.1, 0.15) is 12.0 Å². The van der Waals surface area contributed by atoms with Crippen LogP contribution in [0.3, 0.4) is 0 Å². The molecule has 3 aromatic carbocycles. The number of benzene rings is 3.